The van der Waals surface area contributed by atoms with E-state index >= 15 is 0 Å². The van der Waals surface area contributed by atoms with E-state index in [4.69, 9.17) is 4.74 Å². The second-order valence-electron chi connectivity index (χ2n) is 12.7. The average Bonchev–Trinajstić information content (AvgIpc) is 3.03. The lowest BCUT2D eigenvalue weighted by atomic mass is 9.90. The molecule has 1 unspecified atom stereocenters. The van der Waals surface area contributed by atoms with Crippen LogP contribution in [0.15, 0.2) is 76.5 Å². The summed E-state index contributed by atoms with van der Waals surface area (Å²) in [5.74, 6) is -0.796. The molecule has 0 saturated heterocycles. The van der Waals surface area contributed by atoms with Crippen molar-refractivity contribution in [1.82, 2.24) is 0 Å². The molecule has 0 saturated carbocycles. The van der Waals surface area contributed by atoms with Crippen LogP contribution in [0.2, 0.25) is 0 Å². The van der Waals surface area contributed by atoms with Crippen LogP contribution in [0.1, 0.15) is 107 Å². The fraction of sp³-hybridized carbons (Fsp3) is 0.513. The molecule has 0 spiro atoms. The molecule has 0 radical (unpaired) electrons. The van der Waals surface area contributed by atoms with Crippen molar-refractivity contribution >= 4 is 27.6 Å². The number of carbonyl (C=O) groups excluding carboxylic acids is 1. The second kappa shape index (κ2) is 19.2. The van der Waals surface area contributed by atoms with Crippen molar-refractivity contribution in [3.8, 4) is 5.75 Å². The third-order valence-electron chi connectivity index (χ3n) is 8.79. The molecule has 0 bridgehead atoms. The average molecular weight is 651 g/mol. The predicted octanol–water partition coefficient (Wildman–Crippen LogP) is 10.3. The van der Waals surface area contributed by atoms with Crippen LogP contribution in [0, 0.1) is 39.5 Å². The molecule has 0 aromatic heterocycles. The number of unbranched alkanes of at least 4 members (excludes halogenated alkanes) is 9. The van der Waals surface area contributed by atoms with Crippen LogP contribution in [0.3, 0.4) is 0 Å². The summed E-state index contributed by atoms with van der Waals surface area (Å²) in [6.07, 6.45) is 12.7. The molecular weight excluding hydrogens is 597 g/mol. The number of aryl methyl sites for hydroxylation is 4. The Kier molecular flexibility index (Phi) is 15.7. The van der Waals surface area contributed by atoms with E-state index in [0.717, 1.165) is 41.5 Å². The lowest BCUT2D eigenvalue weighted by Crippen LogP contribution is -2.39. The van der Waals surface area contributed by atoms with Gasteiger partial charge in [-0.1, -0.05) is 132 Å². The van der Waals surface area contributed by atoms with E-state index in [1.165, 1.54) is 44.9 Å². The Morgan fingerprint density at radius 2 is 1.07 bits per heavy atom. The minimum atomic E-state index is -1.61. The molecule has 0 heterocycles. The maximum atomic E-state index is 14.4. The van der Waals surface area contributed by atoms with Crippen molar-refractivity contribution in [2.75, 3.05) is 0 Å². The molecule has 0 aliphatic carbocycles. The maximum absolute atomic E-state index is 14.4. The first-order valence-corrected chi connectivity index (χ1v) is 19.3. The summed E-state index contributed by atoms with van der Waals surface area (Å²) in [4.78, 5) is 15.1. The Bertz CT molecular complexity index is 1300. The number of para-hydroxylation sites is 1. The highest BCUT2D eigenvalue weighted by Crippen LogP contribution is 2.35. The molecule has 0 amide bonds. The van der Waals surface area contributed by atoms with Gasteiger partial charge in [-0.25, -0.2) is 0 Å². The summed E-state index contributed by atoms with van der Waals surface area (Å²) in [7, 11) is -3.22. The molecule has 3 rings (SSSR count). The van der Waals surface area contributed by atoms with Crippen molar-refractivity contribution in [3.05, 3.63) is 89.0 Å². The van der Waals surface area contributed by atoms with Crippen LogP contribution in [-0.4, -0.2) is 19.0 Å². The van der Waals surface area contributed by atoms with Gasteiger partial charge in [0.05, 0.1) is 27.5 Å². The smallest absolute Gasteiger partial charge is 0.314 e. The monoisotopic (exact) mass is 650 g/mol. The van der Waals surface area contributed by atoms with Gasteiger partial charge in [0.2, 0.25) is 0 Å². The van der Waals surface area contributed by atoms with Crippen LogP contribution in [0.4, 0.5) is 0 Å². The summed E-state index contributed by atoms with van der Waals surface area (Å²) in [6.45, 7) is 12.0. The molecule has 3 aromatic rings. The minimum Gasteiger partial charge on any atom is -0.426 e. The lowest BCUT2D eigenvalue weighted by molar-refractivity contribution is -0.140. The van der Waals surface area contributed by atoms with Gasteiger partial charge in [0, 0.05) is 9.79 Å². The molecule has 0 aliphatic heterocycles. The zero-order valence-corrected chi connectivity index (χ0v) is 29.9. The van der Waals surface area contributed by atoms with Crippen molar-refractivity contribution in [1.29, 1.82) is 0 Å². The molecular formula is C39H54O4S2. The molecule has 4 nitrogen and oxygen atoms in total. The van der Waals surface area contributed by atoms with Gasteiger partial charge in [0.25, 0.3) is 0 Å². The van der Waals surface area contributed by atoms with E-state index in [-0.39, 0.29) is 5.97 Å². The Hall–Kier alpha value is -2.57. The summed E-state index contributed by atoms with van der Waals surface area (Å²) < 4.78 is 34.1. The van der Waals surface area contributed by atoms with Crippen LogP contribution in [-0.2, 0) is 26.4 Å². The van der Waals surface area contributed by atoms with Crippen molar-refractivity contribution in [2.24, 2.45) is 11.8 Å². The Labute approximate surface area is 277 Å². The highest BCUT2D eigenvalue weighted by molar-refractivity contribution is 8.03. The summed E-state index contributed by atoms with van der Waals surface area (Å²) in [6, 6.07) is 21.0. The minimum absolute atomic E-state index is 0.365. The summed E-state index contributed by atoms with van der Waals surface area (Å²) >= 11 is 0. The van der Waals surface area contributed by atoms with Gasteiger partial charge >= 0.3 is 5.97 Å². The van der Waals surface area contributed by atoms with Gasteiger partial charge in [-0.05, 0) is 75.4 Å². The van der Waals surface area contributed by atoms with Gasteiger partial charge < -0.3 is 4.74 Å². The number of esters is 1. The predicted molar refractivity (Wildman–Crippen MR) is 190 cm³/mol. The number of carbonyl (C=O) groups is 1. The maximum Gasteiger partial charge on any atom is 0.314 e. The van der Waals surface area contributed by atoms with E-state index < -0.39 is 38.0 Å². The molecule has 3 aromatic carbocycles. The van der Waals surface area contributed by atoms with E-state index in [2.05, 4.69) is 6.92 Å². The van der Waals surface area contributed by atoms with Crippen LogP contribution in [0.5, 0.6) is 5.75 Å². The van der Waals surface area contributed by atoms with Gasteiger partial charge in [0.1, 0.15) is 10.3 Å². The molecule has 0 fully saturated rings. The third kappa shape index (κ3) is 11.3. The Balaban J connectivity index is 1.88. The van der Waals surface area contributed by atoms with Crippen molar-refractivity contribution in [2.45, 2.75) is 127 Å². The van der Waals surface area contributed by atoms with Gasteiger partial charge in [0.15, 0.2) is 0 Å². The van der Waals surface area contributed by atoms with Crippen LogP contribution in [0.25, 0.3) is 0 Å². The SMILES string of the molecule is CCCCCCCCCCCC[C@H](C(C)C(=O)Oc1c(C)cccc1C)C([S@@](=O)c1ccc(C)cc1)[S@@](=O)c1ccc(C)cc1. The van der Waals surface area contributed by atoms with Crippen molar-refractivity contribution < 1.29 is 17.9 Å². The number of rotatable bonds is 19. The fourth-order valence-electron chi connectivity index (χ4n) is 5.83. The topological polar surface area (TPSA) is 60.4 Å². The van der Waals surface area contributed by atoms with Gasteiger partial charge in [-0.15, -0.1) is 0 Å². The number of hydrogen-bond donors (Lipinski definition) is 0. The Morgan fingerprint density at radius 3 is 1.51 bits per heavy atom. The first-order valence-electron chi connectivity index (χ1n) is 16.9. The Morgan fingerprint density at radius 1 is 0.644 bits per heavy atom. The number of hydrogen-bond acceptors (Lipinski definition) is 4. The second-order valence-corrected chi connectivity index (χ2v) is 16.1. The summed E-state index contributed by atoms with van der Waals surface area (Å²) in [5.41, 5.74) is 3.92. The highest BCUT2D eigenvalue weighted by atomic mass is 32.2. The van der Waals surface area contributed by atoms with Crippen LogP contribution < -0.4 is 4.74 Å². The van der Waals surface area contributed by atoms with Gasteiger partial charge in [-0.2, -0.15) is 0 Å². The highest BCUT2D eigenvalue weighted by Gasteiger charge is 2.40. The van der Waals surface area contributed by atoms with E-state index in [1.807, 2.05) is 101 Å². The standard InChI is InChI=1S/C39H54O4S2/c1-7-8-9-10-11-12-13-14-15-16-20-36(33(6)38(40)43-37-31(4)18-17-19-32(37)5)39(44(41)34-25-21-29(2)22-26-34)45(42)35-27-23-30(3)24-28-35/h17-19,21-28,33,36,39H,7-16,20H2,1-6H3/t33?,36-,44+,45+/m1/s1. The molecule has 45 heavy (non-hydrogen) atoms. The third-order valence-corrected chi connectivity index (χ3v) is 12.9. The zero-order chi connectivity index (χ0) is 32.8. The number of benzene rings is 3. The first kappa shape index (κ1) is 36.9. The van der Waals surface area contributed by atoms with E-state index in [9.17, 15) is 13.2 Å². The quantitative estimate of drug-likeness (QED) is 0.0736. The zero-order valence-electron chi connectivity index (χ0n) is 28.3. The number of ether oxygens (including phenoxy) is 1. The van der Waals surface area contributed by atoms with E-state index in [1.54, 1.807) is 0 Å². The largest absolute Gasteiger partial charge is 0.426 e. The lowest BCUT2D eigenvalue weighted by Gasteiger charge is -2.30. The molecule has 6 heteroatoms. The van der Waals surface area contributed by atoms with E-state index in [0.29, 0.717) is 22.0 Å². The van der Waals surface area contributed by atoms with Gasteiger partial charge in [-0.3, -0.25) is 13.2 Å². The summed E-state index contributed by atoms with van der Waals surface area (Å²) in [5, 5.41) is 0. The van der Waals surface area contributed by atoms with Crippen molar-refractivity contribution in [3.63, 3.8) is 0 Å². The molecule has 246 valence electrons. The van der Waals surface area contributed by atoms with Crippen LogP contribution >= 0.6 is 0 Å². The first-order chi connectivity index (χ1) is 21.6. The normalized spacial score (nSPS) is 14.2. The molecule has 0 aliphatic rings. The molecule has 4 atom stereocenters. The molecule has 0 N–H and O–H groups in total. The fourth-order valence-corrected chi connectivity index (χ4v) is 9.85.